The Balaban J connectivity index is 1.59. The summed E-state index contributed by atoms with van der Waals surface area (Å²) in [4.78, 5) is 22.6. The molecule has 5 nitrogen and oxygen atoms in total. The standard InChI is InChI=1S/C18H17NO4S/c20-17(21)10-7-13-5-8-14(9-6-13)23-12-11-19-15-3-1-2-4-16(15)24-18(19)22/h1-6,8-9H,7,10-12H2,(H,20,21). The third-order valence-electron chi connectivity index (χ3n) is 3.71. The molecule has 0 aliphatic rings. The van der Waals surface area contributed by atoms with Crippen LogP contribution in [0.5, 0.6) is 5.75 Å². The fraction of sp³-hybridized carbons (Fsp3) is 0.222. The summed E-state index contributed by atoms with van der Waals surface area (Å²) in [5, 5.41) is 8.68. The van der Waals surface area contributed by atoms with Crippen LogP contribution in [0.3, 0.4) is 0 Å². The molecule has 3 rings (SSSR count). The number of para-hydroxylation sites is 1. The molecule has 2 aromatic carbocycles. The molecule has 0 spiro atoms. The van der Waals surface area contributed by atoms with Gasteiger partial charge in [-0.25, -0.2) is 0 Å². The number of benzene rings is 2. The van der Waals surface area contributed by atoms with Gasteiger partial charge in [-0.1, -0.05) is 35.6 Å². The van der Waals surface area contributed by atoms with Crippen LogP contribution in [0.15, 0.2) is 53.3 Å². The fourth-order valence-electron chi connectivity index (χ4n) is 2.48. The first-order valence-corrected chi connectivity index (χ1v) is 8.47. The zero-order valence-electron chi connectivity index (χ0n) is 13.0. The van der Waals surface area contributed by atoms with Gasteiger partial charge in [0.1, 0.15) is 12.4 Å². The van der Waals surface area contributed by atoms with Crippen LogP contribution in [0.25, 0.3) is 10.2 Å². The highest BCUT2D eigenvalue weighted by Gasteiger charge is 2.06. The normalized spacial score (nSPS) is 10.8. The average molecular weight is 343 g/mol. The minimum absolute atomic E-state index is 0.0174. The highest BCUT2D eigenvalue weighted by Crippen LogP contribution is 2.17. The van der Waals surface area contributed by atoms with E-state index in [9.17, 15) is 9.59 Å². The first kappa shape index (κ1) is 16.3. The number of ether oxygens (including phenoxy) is 1. The largest absolute Gasteiger partial charge is 0.492 e. The summed E-state index contributed by atoms with van der Waals surface area (Å²) < 4.78 is 8.39. The Morgan fingerprint density at radius 3 is 2.62 bits per heavy atom. The SMILES string of the molecule is O=C(O)CCc1ccc(OCCn2c(=O)sc3ccccc32)cc1. The van der Waals surface area contributed by atoms with Crippen molar-refractivity contribution in [3.8, 4) is 5.75 Å². The van der Waals surface area contributed by atoms with E-state index >= 15 is 0 Å². The van der Waals surface area contributed by atoms with Gasteiger partial charge in [0.05, 0.1) is 16.8 Å². The lowest BCUT2D eigenvalue weighted by Crippen LogP contribution is -2.17. The van der Waals surface area contributed by atoms with Gasteiger partial charge in [0.2, 0.25) is 0 Å². The Morgan fingerprint density at radius 2 is 1.88 bits per heavy atom. The first-order chi connectivity index (χ1) is 11.6. The molecule has 1 N–H and O–H groups in total. The number of carbonyl (C=O) groups is 1. The van der Waals surface area contributed by atoms with Crippen molar-refractivity contribution in [2.45, 2.75) is 19.4 Å². The van der Waals surface area contributed by atoms with E-state index in [2.05, 4.69) is 0 Å². The van der Waals surface area contributed by atoms with Crippen molar-refractivity contribution in [1.82, 2.24) is 4.57 Å². The van der Waals surface area contributed by atoms with Crippen LogP contribution in [0.1, 0.15) is 12.0 Å². The molecule has 0 atom stereocenters. The quantitative estimate of drug-likeness (QED) is 0.715. The molecular formula is C18H17NO4S. The van der Waals surface area contributed by atoms with E-state index in [1.807, 2.05) is 48.5 Å². The summed E-state index contributed by atoms with van der Waals surface area (Å²) in [6.45, 7) is 0.888. The molecule has 3 aromatic rings. The van der Waals surface area contributed by atoms with Crippen molar-refractivity contribution in [3.63, 3.8) is 0 Å². The van der Waals surface area contributed by atoms with E-state index < -0.39 is 5.97 Å². The van der Waals surface area contributed by atoms with Crippen molar-refractivity contribution < 1.29 is 14.6 Å². The summed E-state index contributed by atoms with van der Waals surface area (Å²) in [6, 6.07) is 15.1. The Morgan fingerprint density at radius 1 is 1.12 bits per heavy atom. The van der Waals surface area contributed by atoms with Crippen LogP contribution in [-0.2, 0) is 17.8 Å². The number of hydrogen-bond donors (Lipinski definition) is 1. The van der Waals surface area contributed by atoms with Crippen molar-refractivity contribution in [1.29, 1.82) is 0 Å². The van der Waals surface area contributed by atoms with Crippen LogP contribution in [0, 0.1) is 0 Å². The van der Waals surface area contributed by atoms with Crippen LogP contribution in [-0.4, -0.2) is 22.2 Å². The smallest absolute Gasteiger partial charge is 0.308 e. The number of carboxylic acid groups (broad SMARTS) is 1. The lowest BCUT2D eigenvalue weighted by Gasteiger charge is -2.08. The average Bonchev–Trinajstić information content (AvgIpc) is 2.90. The van der Waals surface area contributed by atoms with Gasteiger partial charge in [-0.15, -0.1) is 0 Å². The van der Waals surface area contributed by atoms with E-state index in [0.29, 0.717) is 25.3 Å². The molecule has 1 heterocycles. The van der Waals surface area contributed by atoms with E-state index in [4.69, 9.17) is 9.84 Å². The number of fused-ring (bicyclic) bond motifs is 1. The van der Waals surface area contributed by atoms with Gasteiger partial charge >= 0.3 is 10.8 Å². The maximum atomic E-state index is 12.0. The Kier molecular flexibility index (Phi) is 4.96. The van der Waals surface area contributed by atoms with Crippen molar-refractivity contribution in [2.75, 3.05) is 6.61 Å². The van der Waals surface area contributed by atoms with Gasteiger partial charge in [-0.05, 0) is 36.2 Å². The molecule has 0 aliphatic heterocycles. The number of thiazole rings is 1. The predicted octanol–water partition coefficient (Wildman–Crippen LogP) is 3.16. The number of aliphatic carboxylic acids is 1. The lowest BCUT2D eigenvalue weighted by atomic mass is 10.1. The maximum Gasteiger partial charge on any atom is 0.308 e. The molecule has 0 unspecified atom stereocenters. The Hall–Kier alpha value is -2.60. The number of aromatic nitrogens is 1. The highest BCUT2D eigenvalue weighted by atomic mass is 32.1. The van der Waals surface area contributed by atoms with Gasteiger partial charge in [-0.3, -0.25) is 14.2 Å². The monoisotopic (exact) mass is 343 g/mol. The molecule has 124 valence electrons. The van der Waals surface area contributed by atoms with Crippen LogP contribution in [0.4, 0.5) is 0 Å². The molecule has 0 aliphatic carbocycles. The summed E-state index contributed by atoms with van der Waals surface area (Å²) >= 11 is 1.24. The number of carboxylic acids is 1. The molecule has 0 radical (unpaired) electrons. The minimum Gasteiger partial charge on any atom is -0.492 e. The van der Waals surface area contributed by atoms with Gasteiger partial charge in [0, 0.05) is 6.42 Å². The number of nitrogens with zero attached hydrogens (tertiary/aromatic N) is 1. The Bertz CT molecular complexity index is 895. The van der Waals surface area contributed by atoms with Crippen LogP contribution in [0.2, 0.25) is 0 Å². The lowest BCUT2D eigenvalue weighted by molar-refractivity contribution is -0.136. The fourth-order valence-corrected chi connectivity index (χ4v) is 3.40. The van der Waals surface area contributed by atoms with Crippen LogP contribution >= 0.6 is 11.3 Å². The molecule has 0 saturated heterocycles. The Labute approximate surface area is 142 Å². The second-order valence-corrected chi connectivity index (χ2v) is 6.37. The summed E-state index contributed by atoms with van der Waals surface area (Å²) in [7, 11) is 0. The third kappa shape index (κ3) is 3.83. The maximum absolute atomic E-state index is 12.0. The molecule has 0 saturated carbocycles. The second-order valence-electron chi connectivity index (χ2n) is 5.37. The molecule has 0 fully saturated rings. The zero-order chi connectivity index (χ0) is 16.9. The number of rotatable bonds is 7. The minimum atomic E-state index is -0.802. The predicted molar refractivity (Wildman–Crippen MR) is 94.0 cm³/mol. The summed E-state index contributed by atoms with van der Waals surface area (Å²) in [5.41, 5.74) is 1.89. The summed E-state index contributed by atoms with van der Waals surface area (Å²) in [6.07, 6.45) is 0.625. The zero-order valence-corrected chi connectivity index (χ0v) is 13.8. The van der Waals surface area contributed by atoms with E-state index in [1.165, 1.54) is 11.3 Å². The molecule has 24 heavy (non-hydrogen) atoms. The van der Waals surface area contributed by atoms with Gasteiger partial charge in [0.15, 0.2) is 0 Å². The van der Waals surface area contributed by atoms with Crippen molar-refractivity contribution >= 4 is 27.5 Å². The summed E-state index contributed by atoms with van der Waals surface area (Å²) in [5.74, 6) is -0.0922. The molecule has 6 heteroatoms. The van der Waals surface area contributed by atoms with Gasteiger partial charge in [0.25, 0.3) is 0 Å². The van der Waals surface area contributed by atoms with Crippen molar-refractivity contribution in [3.05, 3.63) is 63.8 Å². The van der Waals surface area contributed by atoms with Gasteiger partial charge < -0.3 is 9.84 Å². The first-order valence-electron chi connectivity index (χ1n) is 7.65. The second kappa shape index (κ2) is 7.31. The molecule has 0 amide bonds. The number of aryl methyl sites for hydroxylation is 1. The van der Waals surface area contributed by atoms with Crippen molar-refractivity contribution in [2.24, 2.45) is 0 Å². The van der Waals surface area contributed by atoms with E-state index in [0.717, 1.165) is 15.8 Å². The van der Waals surface area contributed by atoms with E-state index in [1.54, 1.807) is 4.57 Å². The molecular weight excluding hydrogens is 326 g/mol. The number of hydrogen-bond acceptors (Lipinski definition) is 4. The van der Waals surface area contributed by atoms with Crippen LogP contribution < -0.4 is 9.61 Å². The molecule has 1 aromatic heterocycles. The topological polar surface area (TPSA) is 68.5 Å². The van der Waals surface area contributed by atoms with Gasteiger partial charge in [-0.2, -0.15) is 0 Å². The van der Waals surface area contributed by atoms with E-state index in [-0.39, 0.29) is 11.3 Å². The molecule has 0 bridgehead atoms. The third-order valence-corrected chi connectivity index (χ3v) is 4.67. The highest BCUT2D eigenvalue weighted by molar-refractivity contribution is 7.16.